The van der Waals surface area contributed by atoms with Crippen molar-refractivity contribution in [3.8, 4) is 0 Å². The van der Waals surface area contributed by atoms with Gasteiger partial charge in [0.25, 0.3) is 0 Å². The molecule has 0 bridgehead atoms. The van der Waals surface area contributed by atoms with Crippen LogP contribution in [-0.4, -0.2) is 10.2 Å². The first-order valence-corrected chi connectivity index (χ1v) is 3.27. The summed E-state index contributed by atoms with van der Waals surface area (Å²) >= 11 is 0. The first kappa shape index (κ1) is 7.02. The van der Waals surface area contributed by atoms with E-state index in [-0.39, 0.29) is 5.82 Å². The zero-order chi connectivity index (χ0) is 8.72. The largest absolute Gasteiger partial charge is 0.382 e. The SMILES string of the molecule is Nc1n[nH]c2cc(F)c(F)cc12. The number of benzene rings is 1. The fourth-order valence-corrected chi connectivity index (χ4v) is 1.03. The van der Waals surface area contributed by atoms with Crippen molar-refractivity contribution in [1.29, 1.82) is 0 Å². The van der Waals surface area contributed by atoms with E-state index in [1.807, 2.05) is 0 Å². The fraction of sp³-hybridized carbons (Fsp3) is 0. The van der Waals surface area contributed by atoms with E-state index in [9.17, 15) is 8.78 Å². The first-order valence-electron chi connectivity index (χ1n) is 3.27. The molecule has 1 heterocycles. The van der Waals surface area contributed by atoms with Crippen LogP contribution < -0.4 is 5.73 Å². The Bertz CT molecular complexity index is 435. The normalized spacial score (nSPS) is 10.8. The molecule has 0 atom stereocenters. The van der Waals surface area contributed by atoms with Crippen molar-refractivity contribution in [3.63, 3.8) is 0 Å². The fourth-order valence-electron chi connectivity index (χ4n) is 1.03. The molecule has 62 valence electrons. The lowest BCUT2D eigenvalue weighted by Crippen LogP contribution is -1.86. The zero-order valence-corrected chi connectivity index (χ0v) is 5.94. The van der Waals surface area contributed by atoms with E-state index in [2.05, 4.69) is 10.2 Å². The number of halogens is 2. The van der Waals surface area contributed by atoms with Crippen LogP contribution in [-0.2, 0) is 0 Å². The standard InChI is InChI=1S/C7H5F2N3/c8-4-1-3-6(2-5(4)9)11-12-7(3)10/h1-2H,(H3,10,11,12). The molecule has 1 aromatic heterocycles. The lowest BCUT2D eigenvalue weighted by Gasteiger charge is -1.92. The summed E-state index contributed by atoms with van der Waals surface area (Å²) in [6.45, 7) is 0. The van der Waals surface area contributed by atoms with Crippen molar-refractivity contribution in [2.24, 2.45) is 0 Å². The third-order valence-corrected chi connectivity index (χ3v) is 1.63. The third-order valence-electron chi connectivity index (χ3n) is 1.63. The Morgan fingerprint density at radius 1 is 1.25 bits per heavy atom. The highest BCUT2D eigenvalue weighted by molar-refractivity contribution is 5.88. The van der Waals surface area contributed by atoms with Crippen LogP contribution in [0.4, 0.5) is 14.6 Å². The number of nitrogens with zero attached hydrogens (tertiary/aromatic N) is 1. The Hall–Kier alpha value is -1.65. The molecule has 2 aromatic rings. The number of anilines is 1. The van der Waals surface area contributed by atoms with Crippen molar-refractivity contribution in [1.82, 2.24) is 10.2 Å². The number of aromatic nitrogens is 2. The van der Waals surface area contributed by atoms with E-state index in [0.717, 1.165) is 12.1 Å². The number of nitrogen functional groups attached to an aromatic ring is 1. The van der Waals surface area contributed by atoms with Crippen LogP contribution in [0.1, 0.15) is 0 Å². The van der Waals surface area contributed by atoms with Crippen LogP contribution >= 0.6 is 0 Å². The quantitative estimate of drug-likeness (QED) is 0.626. The Kier molecular flexibility index (Phi) is 1.27. The minimum atomic E-state index is -0.921. The lowest BCUT2D eigenvalue weighted by molar-refractivity contribution is 0.511. The minimum Gasteiger partial charge on any atom is -0.382 e. The molecule has 0 unspecified atom stereocenters. The van der Waals surface area contributed by atoms with E-state index in [0.29, 0.717) is 10.9 Å². The molecule has 0 amide bonds. The van der Waals surface area contributed by atoms with Crippen LogP contribution in [0, 0.1) is 11.6 Å². The summed E-state index contributed by atoms with van der Waals surface area (Å²) in [6.07, 6.45) is 0. The van der Waals surface area contributed by atoms with Crippen LogP contribution in [0.25, 0.3) is 10.9 Å². The number of H-pyrrole nitrogens is 1. The summed E-state index contributed by atoms with van der Waals surface area (Å²) in [4.78, 5) is 0. The third kappa shape index (κ3) is 0.827. The van der Waals surface area contributed by atoms with E-state index in [1.54, 1.807) is 0 Å². The molecule has 0 saturated carbocycles. The van der Waals surface area contributed by atoms with Gasteiger partial charge in [0.2, 0.25) is 0 Å². The Morgan fingerprint density at radius 3 is 2.67 bits per heavy atom. The predicted octanol–water partition coefficient (Wildman–Crippen LogP) is 1.42. The number of hydrogen-bond acceptors (Lipinski definition) is 2. The Morgan fingerprint density at radius 2 is 1.92 bits per heavy atom. The monoisotopic (exact) mass is 169 g/mol. The average molecular weight is 169 g/mol. The Labute approximate surface area is 66.2 Å². The molecule has 0 spiro atoms. The molecule has 5 heteroatoms. The molecule has 2 rings (SSSR count). The highest BCUT2D eigenvalue weighted by atomic mass is 19.2. The summed E-state index contributed by atoms with van der Waals surface area (Å²) in [5, 5.41) is 6.47. The van der Waals surface area contributed by atoms with Crippen molar-refractivity contribution in [2.75, 3.05) is 5.73 Å². The predicted molar refractivity (Wildman–Crippen MR) is 40.4 cm³/mol. The summed E-state index contributed by atoms with van der Waals surface area (Å²) in [7, 11) is 0. The van der Waals surface area contributed by atoms with E-state index < -0.39 is 11.6 Å². The van der Waals surface area contributed by atoms with Gasteiger partial charge in [-0.3, -0.25) is 5.10 Å². The first-order chi connectivity index (χ1) is 5.68. The van der Waals surface area contributed by atoms with Gasteiger partial charge in [0, 0.05) is 11.5 Å². The molecule has 3 nitrogen and oxygen atoms in total. The van der Waals surface area contributed by atoms with Crippen molar-refractivity contribution < 1.29 is 8.78 Å². The molecule has 3 N–H and O–H groups in total. The topological polar surface area (TPSA) is 54.7 Å². The second-order valence-electron chi connectivity index (χ2n) is 2.42. The van der Waals surface area contributed by atoms with Gasteiger partial charge in [-0.15, -0.1) is 0 Å². The average Bonchev–Trinajstić information content (AvgIpc) is 2.35. The molecule has 12 heavy (non-hydrogen) atoms. The van der Waals surface area contributed by atoms with Crippen molar-refractivity contribution >= 4 is 16.7 Å². The molecule has 0 radical (unpaired) electrons. The summed E-state index contributed by atoms with van der Waals surface area (Å²) in [5.41, 5.74) is 5.76. The maximum Gasteiger partial charge on any atom is 0.160 e. The van der Waals surface area contributed by atoms with Crippen LogP contribution in [0.3, 0.4) is 0 Å². The van der Waals surface area contributed by atoms with Gasteiger partial charge in [0.05, 0.1) is 5.52 Å². The number of nitrogens with one attached hydrogen (secondary N) is 1. The van der Waals surface area contributed by atoms with E-state index >= 15 is 0 Å². The van der Waals surface area contributed by atoms with Crippen molar-refractivity contribution in [3.05, 3.63) is 23.8 Å². The zero-order valence-electron chi connectivity index (χ0n) is 5.94. The van der Waals surface area contributed by atoms with Crippen LogP contribution in [0.5, 0.6) is 0 Å². The maximum atomic E-state index is 12.6. The summed E-state index contributed by atoms with van der Waals surface area (Å²) in [5.74, 6) is -1.66. The Balaban J connectivity index is 2.87. The number of rotatable bonds is 0. The second-order valence-corrected chi connectivity index (χ2v) is 2.42. The van der Waals surface area contributed by atoms with Crippen LogP contribution in [0.15, 0.2) is 12.1 Å². The number of nitrogens with two attached hydrogens (primary N) is 1. The molecule has 0 aliphatic carbocycles. The minimum absolute atomic E-state index is 0.170. The van der Waals surface area contributed by atoms with E-state index in [4.69, 9.17) is 5.73 Å². The molecule has 0 saturated heterocycles. The van der Waals surface area contributed by atoms with Gasteiger partial charge in [0.15, 0.2) is 17.5 Å². The smallest absolute Gasteiger partial charge is 0.160 e. The summed E-state index contributed by atoms with van der Waals surface area (Å²) in [6, 6.07) is 2.04. The van der Waals surface area contributed by atoms with Gasteiger partial charge in [-0.2, -0.15) is 5.10 Å². The number of fused-ring (bicyclic) bond motifs is 1. The molecular weight excluding hydrogens is 164 g/mol. The van der Waals surface area contributed by atoms with Gasteiger partial charge < -0.3 is 5.73 Å². The van der Waals surface area contributed by atoms with Crippen LogP contribution in [0.2, 0.25) is 0 Å². The highest BCUT2D eigenvalue weighted by Crippen LogP contribution is 2.20. The molecule has 1 aromatic carbocycles. The lowest BCUT2D eigenvalue weighted by atomic mass is 10.2. The van der Waals surface area contributed by atoms with Crippen molar-refractivity contribution in [2.45, 2.75) is 0 Å². The van der Waals surface area contributed by atoms with Gasteiger partial charge in [-0.1, -0.05) is 0 Å². The number of aromatic amines is 1. The maximum absolute atomic E-state index is 12.6. The highest BCUT2D eigenvalue weighted by Gasteiger charge is 2.07. The molecule has 0 aliphatic rings. The number of hydrogen-bond donors (Lipinski definition) is 2. The summed E-state index contributed by atoms with van der Waals surface area (Å²) < 4.78 is 25.2. The van der Waals surface area contributed by atoms with Gasteiger partial charge in [0.1, 0.15) is 0 Å². The van der Waals surface area contributed by atoms with Gasteiger partial charge >= 0.3 is 0 Å². The van der Waals surface area contributed by atoms with Gasteiger partial charge in [-0.25, -0.2) is 8.78 Å². The molecule has 0 aliphatic heterocycles. The molecular formula is C7H5F2N3. The second kappa shape index (κ2) is 2.17. The van der Waals surface area contributed by atoms with E-state index in [1.165, 1.54) is 0 Å². The molecule has 0 fully saturated rings. The van der Waals surface area contributed by atoms with Gasteiger partial charge in [-0.05, 0) is 6.07 Å².